The zero-order chi connectivity index (χ0) is 24.0. The molecule has 3 heteroatoms. The Morgan fingerprint density at radius 1 is 0.722 bits per heavy atom. The number of hydrogen-bond acceptors (Lipinski definition) is 2. The van der Waals surface area contributed by atoms with Gasteiger partial charge in [0.2, 0.25) is 0 Å². The highest BCUT2D eigenvalue weighted by atomic mass is 16.1. The van der Waals surface area contributed by atoms with Crippen LogP contribution < -0.4 is 5.43 Å². The third kappa shape index (κ3) is 2.15. The van der Waals surface area contributed by atoms with E-state index in [1.165, 1.54) is 33.4 Å². The first-order chi connectivity index (χ1) is 17.7. The maximum absolute atomic E-state index is 13.8. The summed E-state index contributed by atoms with van der Waals surface area (Å²) in [6.45, 7) is 2.19. The molecule has 0 saturated carbocycles. The first kappa shape index (κ1) is 19.8. The lowest BCUT2D eigenvalue weighted by atomic mass is 9.65. The van der Waals surface area contributed by atoms with Crippen molar-refractivity contribution < 1.29 is 0 Å². The zero-order valence-corrected chi connectivity index (χ0v) is 19.8. The Balaban J connectivity index is 1.71. The number of rotatable bonds is 1. The van der Waals surface area contributed by atoms with E-state index in [-0.39, 0.29) is 5.43 Å². The molecule has 0 amide bonds. The largest absolute Gasteiger partial charge is 0.293 e. The molecular weight excluding hydrogens is 440 g/mol. The number of aromatic nitrogens is 2. The maximum atomic E-state index is 13.8. The smallest absolute Gasteiger partial charge is 0.198 e. The second kappa shape index (κ2) is 6.79. The van der Waals surface area contributed by atoms with Crippen LogP contribution >= 0.6 is 0 Å². The Hall–Kier alpha value is -4.50. The van der Waals surface area contributed by atoms with Crippen LogP contribution in [-0.4, -0.2) is 9.55 Å². The van der Waals surface area contributed by atoms with Crippen molar-refractivity contribution in [3.05, 3.63) is 141 Å². The van der Waals surface area contributed by atoms with E-state index in [2.05, 4.69) is 84.3 Å². The SMILES string of the molecule is CCc1ccc2c(c1)-n1c3ncccc3c(=O)c3cccc(c31)C21c2ccccc2-c2ccccc21. The average molecular weight is 463 g/mol. The van der Waals surface area contributed by atoms with Crippen LogP contribution in [0.5, 0.6) is 0 Å². The summed E-state index contributed by atoms with van der Waals surface area (Å²) in [7, 11) is 0. The number of nitrogens with zero attached hydrogens (tertiary/aromatic N) is 2. The molecule has 36 heavy (non-hydrogen) atoms. The monoisotopic (exact) mass is 462 g/mol. The van der Waals surface area contributed by atoms with Gasteiger partial charge in [-0.3, -0.25) is 9.36 Å². The van der Waals surface area contributed by atoms with Crippen molar-refractivity contribution in [3.63, 3.8) is 0 Å². The molecule has 1 spiro atoms. The molecule has 0 unspecified atom stereocenters. The topological polar surface area (TPSA) is 34.9 Å². The minimum Gasteiger partial charge on any atom is -0.293 e. The number of para-hydroxylation sites is 1. The molecule has 8 rings (SSSR count). The molecule has 0 N–H and O–H groups in total. The summed E-state index contributed by atoms with van der Waals surface area (Å²) in [6, 6.07) is 34.3. The molecule has 4 aromatic carbocycles. The van der Waals surface area contributed by atoms with E-state index in [9.17, 15) is 4.79 Å². The summed E-state index contributed by atoms with van der Waals surface area (Å²) in [6.07, 6.45) is 2.72. The van der Waals surface area contributed by atoms with E-state index in [1.807, 2.05) is 24.3 Å². The Morgan fingerprint density at radius 2 is 1.42 bits per heavy atom. The minimum absolute atomic E-state index is 0.0380. The molecule has 0 bridgehead atoms. The maximum Gasteiger partial charge on any atom is 0.198 e. The quantitative estimate of drug-likeness (QED) is 0.252. The third-order valence-electron chi connectivity index (χ3n) is 8.22. The standard InChI is InChI=1S/C33H22N2O/c1-2-20-16-17-27-29(19-20)35-30-23(31(36)24-12-8-18-34-32(24)35)11-7-15-28(30)33(27)25-13-5-3-9-21(25)22-10-4-6-14-26(22)33/h3-19H,2H2,1H3. The summed E-state index contributed by atoms with van der Waals surface area (Å²) in [5.41, 5.74) is 11.0. The van der Waals surface area contributed by atoms with E-state index >= 15 is 0 Å². The van der Waals surface area contributed by atoms with Crippen molar-refractivity contribution >= 4 is 21.9 Å². The molecule has 3 heterocycles. The minimum atomic E-state index is -0.511. The van der Waals surface area contributed by atoms with Gasteiger partial charge in [-0.05, 0) is 69.6 Å². The lowest BCUT2D eigenvalue weighted by Gasteiger charge is -2.40. The van der Waals surface area contributed by atoms with Gasteiger partial charge in [0.25, 0.3) is 0 Å². The first-order valence-electron chi connectivity index (χ1n) is 12.5. The summed E-state index contributed by atoms with van der Waals surface area (Å²) >= 11 is 0. The normalized spacial score (nSPS) is 14.1. The van der Waals surface area contributed by atoms with Crippen LogP contribution in [0.3, 0.4) is 0 Å². The molecule has 0 saturated heterocycles. The number of pyridine rings is 2. The molecule has 2 aliphatic rings. The van der Waals surface area contributed by atoms with Crippen LogP contribution in [0, 0.1) is 0 Å². The second-order valence-corrected chi connectivity index (χ2v) is 9.79. The van der Waals surface area contributed by atoms with E-state index in [0.29, 0.717) is 11.0 Å². The van der Waals surface area contributed by atoms with Crippen molar-refractivity contribution in [3.8, 4) is 16.8 Å². The van der Waals surface area contributed by atoms with E-state index in [1.54, 1.807) is 6.20 Å². The highest BCUT2D eigenvalue weighted by molar-refractivity contribution is 6.01. The van der Waals surface area contributed by atoms with Gasteiger partial charge < -0.3 is 0 Å². The number of benzene rings is 4. The van der Waals surface area contributed by atoms with Gasteiger partial charge in [-0.2, -0.15) is 0 Å². The molecule has 0 radical (unpaired) electrons. The number of fused-ring (bicyclic) bond motifs is 11. The van der Waals surface area contributed by atoms with Crippen LogP contribution in [0.2, 0.25) is 0 Å². The Bertz CT molecular complexity index is 1920. The molecule has 0 fully saturated rings. The average Bonchev–Trinajstić information content (AvgIpc) is 3.23. The molecule has 0 atom stereocenters. The Labute approximate surface area is 208 Å². The predicted octanol–water partition coefficient (Wildman–Crippen LogP) is 6.78. The van der Waals surface area contributed by atoms with Gasteiger partial charge in [-0.15, -0.1) is 0 Å². The molecule has 2 aromatic heterocycles. The van der Waals surface area contributed by atoms with Gasteiger partial charge in [-0.25, -0.2) is 4.98 Å². The highest BCUT2D eigenvalue weighted by Crippen LogP contribution is 2.60. The molecule has 1 aliphatic heterocycles. The van der Waals surface area contributed by atoms with Crippen molar-refractivity contribution in [2.24, 2.45) is 0 Å². The van der Waals surface area contributed by atoms with Crippen LogP contribution in [0.15, 0.2) is 108 Å². The molecular formula is C33H22N2O. The van der Waals surface area contributed by atoms with E-state index in [0.717, 1.165) is 28.6 Å². The highest BCUT2D eigenvalue weighted by Gasteiger charge is 2.50. The lowest BCUT2D eigenvalue weighted by Crippen LogP contribution is -2.35. The lowest BCUT2D eigenvalue weighted by molar-refractivity contribution is 0.744. The zero-order valence-electron chi connectivity index (χ0n) is 19.8. The van der Waals surface area contributed by atoms with E-state index < -0.39 is 5.41 Å². The van der Waals surface area contributed by atoms with Crippen LogP contribution in [0.1, 0.15) is 34.7 Å². The van der Waals surface area contributed by atoms with Gasteiger partial charge in [0, 0.05) is 11.6 Å². The summed E-state index contributed by atoms with van der Waals surface area (Å²) < 4.78 is 2.24. The molecule has 170 valence electrons. The van der Waals surface area contributed by atoms with Crippen molar-refractivity contribution in [1.82, 2.24) is 9.55 Å². The van der Waals surface area contributed by atoms with Crippen LogP contribution in [0.25, 0.3) is 38.8 Å². The Kier molecular flexibility index (Phi) is 3.73. The van der Waals surface area contributed by atoms with Gasteiger partial charge in [0.1, 0.15) is 5.65 Å². The summed E-state index contributed by atoms with van der Waals surface area (Å²) in [4.78, 5) is 18.6. The Morgan fingerprint density at radius 3 is 2.17 bits per heavy atom. The van der Waals surface area contributed by atoms with Crippen molar-refractivity contribution in [2.45, 2.75) is 18.8 Å². The fraction of sp³-hybridized carbons (Fsp3) is 0.0909. The third-order valence-corrected chi connectivity index (χ3v) is 8.22. The van der Waals surface area contributed by atoms with Gasteiger partial charge in [0.15, 0.2) is 5.43 Å². The predicted molar refractivity (Wildman–Crippen MR) is 145 cm³/mol. The fourth-order valence-corrected chi connectivity index (χ4v) is 6.77. The van der Waals surface area contributed by atoms with Crippen molar-refractivity contribution in [2.75, 3.05) is 0 Å². The van der Waals surface area contributed by atoms with Crippen LogP contribution in [0.4, 0.5) is 0 Å². The first-order valence-corrected chi connectivity index (χ1v) is 12.5. The van der Waals surface area contributed by atoms with Gasteiger partial charge in [0.05, 0.1) is 22.0 Å². The van der Waals surface area contributed by atoms with E-state index in [4.69, 9.17) is 4.98 Å². The second-order valence-electron chi connectivity index (χ2n) is 9.79. The van der Waals surface area contributed by atoms with Gasteiger partial charge in [-0.1, -0.05) is 79.7 Å². The number of hydrogen-bond donors (Lipinski definition) is 0. The number of aryl methyl sites for hydroxylation is 1. The molecule has 1 aliphatic carbocycles. The fourth-order valence-electron chi connectivity index (χ4n) is 6.77. The molecule has 6 aromatic rings. The molecule has 3 nitrogen and oxygen atoms in total. The van der Waals surface area contributed by atoms with Crippen LogP contribution in [-0.2, 0) is 11.8 Å². The summed E-state index contributed by atoms with van der Waals surface area (Å²) in [5, 5.41) is 1.39. The summed E-state index contributed by atoms with van der Waals surface area (Å²) in [5.74, 6) is 0. The van der Waals surface area contributed by atoms with Gasteiger partial charge >= 0.3 is 0 Å². The van der Waals surface area contributed by atoms with Crippen molar-refractivity contribution in [1.29, 1.82) is 0 Å².